The number of rotatable bonds is 6. The molecule has 3 rings (SSSR count). The second-order valence-electron chi connectivity index (χ2n) is 6.01. The highest BCUT2D eigenvalue weighted by Gasteiger charge is 2.12. The lowest BCUT2D eigenvalue weighted by atomic mass is 10.1. The van der Waals surface area contributed by atoms with Crippen LogP contribution in [0.2, 0.25) is 0 Å². The van der Waals surface area contributed by atoms with Crippen molar-refractivity contribution < 1.29 is 14.7 Å². The number of nitrogens with zero attached hydrogens (tertiary/aromatic N) is 4. The van der Waals surface area contributed by atoms with Crippen LogP contribution < -0.4 is 5.32 Å². The van der Waals surface area contributed by atoms with Crippen LogP contribution in [0.25, 0.3) is 0 Å². The van der Waals surface area contributed by atoms with E-state index in [2.05, 4.69) is 15.5 Å². The lowest BCUT2D eigenvalue weighted by Gasteiger charge is -2.07. The minimum absolute atomic E-state index is 0.0863. The highest BCUT2D eigenvalue weighted by molar-refractivity contribution is 5.89. The van der Waals surface area contributed by atoms with Gasteiger partial charge in [-0.3, -0.25) is 14.2 Å². The molecule has 1 amide bonds. The average molecular weight is 353 g/mol. The van der Waals surface area contributed by atoms with E-state index in [1.807, 2.05) is 42.8 Å². The van der Waals surface area contributed by atoms with Gasteiger partial charge in [-0.1, -0.05) is 24.3 Å². The molecule has 2 heterocycles. The van der Waals surface area contributed by atoms with Gasteiger partial charge in [0.15, 0.2) is 11.5 Å². The van der Waals surface area contributed by atoms with Gasteiger partial charge in [-0.15, -0.1) is 0 Å². The first kappa shape index (κ1) is 17.4. The molecule has 8 heteroatoms. The van der Waals surface area contributed by atoms with Gasteiger partial charge in [-0.05, 0) is 31.0 Å². The SMILES string of the molecule is Cc1ccccc1Cn1nc(NC(=O)Cn2ccc(C(=O)O)n2)cc1C. The van der Waals surface area contributed by atoms with Crippen molar-refractivity contribution >= 4 is 17.7 Å². The fraction of sp³-hybridized carbons (Fsp3) is 0.222. The molecule has 0 atom stereocenters. The summed E-state index contributed by atoms with van der Waals surface area (Å²) in [6.07, 6.45) is 1.45. The summed E-state index contributed by atoms with van der Waals surface area (Å²) in [6.45, 7) is 4.51. The zero-order valence-corrected chi connectivity index (χ0v) is 14.5. The number of hydrogen-bond acceptors (Lipinski definition) is 4. The Bertz CT molecular complexity index is 957. The van der Waals surface area contributed by atoms with Crippen molar-refractivity contribution in [3.8, 4) is 0 Å². The Kier molecular flexibility index (Phi) is 4.83. The number of aryl methyl sites for hydroxylation is 2. The van der Waals surface area contributed by atoms with Crippen LogP contribution in [-0.2, 0) is 17.9 Å². The second kappa shape index (κ2) is 7.22. The number of carbonyl (C=O) groups excluding carboxylic acids is 1. The van der Waals surface area contributed by atoms with Crippen molar-refractivity contribution in [2.45, 2.75) is 26.9 Å². The molecule has 0 fully saturated rings. The van der Waals surface area contributed by atoms with Crippen LogP contribution in [0.15, 0.2) is 42.6 Å². The summed E-state index contributed by atoms with van der Waals surface area (Å²) >= 11 is 0. The van der Waals surface area contributed by atoms with Gasteiger partial charge in [-0.25, -0.2) is 4.79 Å². The molecule has 0 aliphatic heterocycles. The maximum Gasteiger partial charge on any atom is 0.356 e. The lowest BCUT2D eigenvalue weighted by Crippen LogP contribution is -2.20. The Morgan fingerprint density at radius 3 is 2.62 bits per heavy atom. The third kappa shape index (κ3) is 3.97. The largest absolute Gasteiger partial charge is 0.476 e. The highest BCUT2D eigenvalue weighted by Crippen LogP contribution is 2.14. The number of carboxylic acid groups (broad SMARTS) is 1. The van der Waals surface area contributed by atoms with Crippen molar-refractivity contribution in [3.63, 3.8) is 0 Å². The molecular formula is C18H19N5O3. The Labute approximate surface area is 150 Å². The zero-order chi connectivity index (χ0) is 18.7. The average Bonchev–Trinajstić information content (AvgIpc) is 3.17. The summed E-state index contributed by atoms with van der Waals surface area (Å²) in [7, 11) is 0. The number of anilines is 1. The lowest BCUT2D eigenvalue weighted by molar-refractivity contribution is -0.116. The van der Waals surface area contributed by atoms with Gasteiger partial charge in [0.2, 0.25) is 5.91 Å². The Balaban J connectivity index is 1.65. The quantitative estimate of drug-likeness (QED) is 0.706. The van der Waals surface area contributed by atoms with Gasteiger partial charge in [0.25, 0.3) is 0 Å². The summed E-state index contributed by atoms with van der Waals surface area (Å²) < 4.78 is 3.10. The number of benzene rings is 1. The normalized spacial score (nSPS) is 10.7. The molecule has 0 radical (unpaired) electrons. The summed E-state index contributed by atoms with van der Waals surface area (Å²) in [4.78, 5) is 22.9. The predicted molar refractivity (Wildman–Crippen MR) is 95.1 cm³/mol. The first-order valence-electron chi connectivity index (χ1n) is 8.08. The minimum atomic E-state index is -1.13. The predicted octanol–water partition coefficient (Wildman–Crippen LogP) is 2.08. The van der Waals surface area contributed by atoms with E-state index in [-0.39, 0.29) is 18.1 Å². The minimum Gasteiger partial charge on any atom is -0.476 e. The van der Waals surface area contributed by atoms with Gasteiger partial charge in [0.05, 0.1) is 6.54 Å². The van der Waals surface area contributed by atoms with E-state index in [4.69, 9.17) is 5.11 Å². The first-order chi connectivity index (χ1) is 12.4. The van der Waals surface area contributed by atoms with E-state index in [1.165, 1.54) is 22.5 Å². The van der Waals surface area contributed by atoms with Crippen molar-refractivity contribution in [2.75, 3.05) is 5.32 Å². The van der Waals surface area contributed by atoms with Crippen molar-refractivity contribution in [2.24, 2.45) is 0 Å². The molecule has 1 aromatic carbocycles. The van der Waals surface area contributed by atoms with Crippen LogP contribution in [0, 0.1) is 13.8 Å². The molecule has 26 heavy (non-hydrogen) atoms. The van der Waals surface area contributed by atoms with E-state index in [0.29, 0.717) is 12.4 Å². The van der Waals surface area contributed by atoms with Crippen molar-refractivity contribution in [1.82, 2.24) is 19.6 Å². The van der Waals surface area contributed by atoms with Gasteiger partial charge >= 0.3 is 5.97 Å². The molecule has 134 valence electrons. The highest BCUT2D eigenvalue weighted by atomic mass is 16.4. The molecule has 0 spiro atoms. The molecule has 2 aromatic heterocycles. The van der Waals surface area contributed by atoms with E-state index < -0.39 is 5.97 Å². The van der Waals surface area contributed by atoms with Crippen molar-refractivity contribution in [1.29, 1.82) is 0 Å². The van der Waals surface area contributed by atoms with E-state index in [0.717, 1.165) is 11.3 Å². The van der Waals surface area contributed by atoms with Crippen LogP contribution in [0.4, 0.5) is 5.82 Å². The van der Waals surface area contributed by atoms with Crippen molar-refractivity contribution in [3.05, 3.63) is 65.1 Å². The number of hydrogen-bond donors (Lipinski definition) is 2. The molecule has 0 aliphatic carbocycles. The Hall–Kier alpha value is -3.42. The van der Waals surface area contributed by atoms with Gasteiger partial charge in [0.1, 0.15) is 6.54 Å². The second-order valence-corrected chi connectivity index (χ2v) is 6.01. The first-order valence-corrected chi connectivity index (χ1v) is 8.08. The number of nitrogens with one attached hydrogen (secondary N) is 1. The fourth-order valence-electron chi connectivity index (χ4n) is 2.57. The Morgan fingerprint density at radius 1 is 1.15 bits per heavy atom. The van der Waals surface area contributed by atoms with Gasteiger partial charge in [0, 0.05) is 18.0 Å². The number of aromatic carboxylic acids is 1. The summed E-state index contributed by atoms with van der Waals surface area (Å²) in [5.41, 5.74) is 3.17. The molecule has 0 unspecified atom stereocenters. The molecule has 0 saturated carbocycles. The smallest absolute Gasteiger partial charge is 0.356 e. The monoisotopic (exact) mass is 353 g/mol. The summed E-state index contributed by atoms with van der Waals surface area (Å²) in [5, 5.41) is 19.8. The van der Waals surface area contributed by atoms with Gasteiger partial charge < -0.3 is 10.4 Å². The van der Waals surface area contributed by atoms with Crippen LogP contribution in [0.5, 0.6) is 0 Å². The number of aromatic nitrogens is 4. The van der Waals surface area contributed by atoms with Crippen LogP contribution in [-0.4, -0.2) is 36.5 Å². The van der Waals surface area contributed by atoms with Crippen LogP contribution in [0.3, 0.4) is 0 Å². The zero-order valence-electron chi connectivity index (χ0n) is 14.5. The maximum absolute atomic E-state index is 12.1. The maximum atomic E-state index is 12.1. The fourth-order valence-corrected chi connectivity index (χ4v) is 2.57. The molecule has 0 aliphatic rings. The summed E-state index contributed by atoms with van der Waals surface area (Å²) in [5.74, 6) is -1.01. The molecular weight excluding hydrogens is 334 g/mol. The summed E-state index contributed by atoms with van der Waals surface area (Å²) in [6, 6.07) is 11.2. The number of carbonyl (C=O) groups is 2. The standard InChI is InChI=1S/C18H19N5O3/c1-12-5-3-4-6-14(12)10-23-13(2)9-16(21-23)19-17(24)11-22-8-7-15(20-22)18(25)26/h3-9H,10-11H2,1-2H3,(H,25,26)(H,19,21,24). The topological polar surface area (TPSA) is 102 Å². The van der Waals surface area contributed by atoms with E-state index >= 15 is 0 Å². The van der Waals surface area contributed by atoms with Crippen LogP contribution in [0.1, 0.15) is 27.3 Å². The number of carboxylic acids is 1. The third-order valence-corrected chi connectivity index (χ3v) is 4.00. The van der Waals surface area contributed by atoms with E-state index in [9.17, 15) is 9.59 Å². The van der Waals surface area contributed by atoms with Crippen LogP contribution >= 0.6 is 0 Å². The molecule has 0 bridgehead atoms. The van der Waals surface area contributed by atoms with E-state index in [1.54, 1.807) is 6.07 Å². The molecule has 0 saturated heterocycles. The molecule has 8 nitrogen and oxygen atoms in total. The Morgan fingerprint density at radius 2 is 1.92 bits per heavy atom. The third-order valence-electron chi connectivity index (χ3n) is 4.00. The van der Waals surface area contributed by atoms with Gasteiger partial charge in [-0.2, -0.15) is 10.2 Å². The molecule has 2 N–H and O–H groups in total. The number of amides is 1. The molecule has 3 aromatic rings.